The van der Waals surface area contributed by atoms with Crippen molar-refractivity contribution >= 4 is 17.6 Å². The molecule has 0 unspecified atom stereocenters. The second kappa shape index (κ2) is 8.70. The van der Waals surface area contributed by atoms with Crippen molar-refractivity contribution < 1.29 is 18.4 Å². The summed E-state index contributed by atoms with van der Waals surface area (Å²) in [5, 5.41) is 2.79. The number of nitrogens with zero attached hydrogens (tertiary/aromatic N) is 2. The van der Waals surface area contributed by atoms with Gasteiger partial charge in [0.25, 0.3) is 0 Å². The van der Waals surface area contributed by atoms with Gasteiger partial charge in [-0.1, -0.05) is 12.1 Å². The molecule has 0 bridgehead atoms. The Balaban J connectivity index is 1.44. The molecule has 1 fully saturated rings. The van der Waals surface area contributed by atoms with Crippen molar-refractivity contribution in [2.45, 2.75) is 25.7 Å². The summed E-state index contributed by atoms with van der Waals surface area (Å²) in [5.41, 5.74) is 0.590. The summed E-state index contributed by atoms with van der Waals surface area (Å²) in [4.78, 5) is 30.4. The van der Waals surface area contributed by atoms with Gasteiger partial charge in [0.2, 0.25) is 11.8 Å². The molecule has 27 heavy (non-hydrogen) atoms. The predicted octanol–water partition coefficient (Wildman–Crippen LogP) is 3.17. The number of aryl methyl sites for hydroxylation is 1. The number of rotatable bonds is 5. The summed E-state index contributed by atoms with van der Waals surface area (Å²) in [5.74, 6) is -1.54. The molecule has 0 saturated carbocycles. The van der Waals surface area contributed by atoms with Crippen LogP contribution in [0.1, 0.15) is 24.8 Å². The van der Waals surface area contributed by atoms with E-state index in [-0.39, 0.29) is 24.2 Å². The third kappa shape index (κ3) is 5.09. The summed E-state index contributed by atoms with van der Waals surface area (Å²) in [6.07, 6.45) is 3.39. The van der Waals surface area contributed by atoms with Crippen LogP contribution in [0, 0.1) is 17.6 Å². The molecule has 3 rings (SSSR count). The number of anilines is 1. The van der Waals surface area contributed by atoms with E-state index < -0.39 is 11.6 Å². The van der Waals surface area contributed by atoms with Crippen LogP contribution < -0.4 is 5.32 Å². The fraction of sp³-hybridized carbons (Fsp3) is 0.350. The molecule has 1 aliphatic heterocycles. The van der Waals surface area contributed by atoms with E-state index in [9.17, 15) is 18.4 Å². The smallest absolute Gasteiger partial charge is 0.228 e. The number of hydrogen-bond donors (Lipinski definition) is 1. The fourth-order valence-corrected chi connectivity index (χ4v) is 3.16. The van der Waals surface area contributed by atoms with Crippen LogP contribution >= 0.6 is 0 Å². The highest BCUT2D eigenvalue weighted by molar-refractivity contribution is 5.91. The van der Waals surface area contributed by atoms with E-state index in [1.165, 1.54) is 6.07 Å². The molecule has 1 aromatic carbocycles. The molecule has 0 aliphatic carbocycles. The number of piperidine rings is 1. The normalized spacial score (nSPS) is 14.8. The van der Waals surface area contributed by atoms with Gasteiger partial charge in [0, 0.05) is 31.6 Å². The Hall–Kier alpha value is -2.83. The molecule has 2 aromatic rings. The first-order valence-corrected chi connectivity index (χ1v) is 8.96. The average Bonchev–Trinajstić information content (AvgIpc) is 2.69. The van der Waals surface area contributed by atoms with E-state index in [0.29, 0.717) is 43.7 Å². The second-order valence-electron chi connectivity index (χ2n) is 6.61. The fourth-order valence-electron chi connectivity index (χ4n) is 3.16. The number of benzene rings is 1. The van der Waals surface area contributed by atoms with Crippen LogP contribution in [-0.2, 0) is 16.0 Å². The summed E-state index contributed by atoms with van der Waals surface area (Å²) >= 11 is 0. The van der Waals surface area contributed by atoms with Crippen LogP contribution in [0.25, 0.3) is 0 Å². The van der Waals surface area contributed by atoms with Gasteiger partial charge in [0.1, 0.15) is 5.82 Å². The molecule has 5 nitrogen and oxygen atoms in total. The minimum atomic E-state index is -0.903. The summed E-state index contributed by atoms with van der Waals surface area (Å²) in [6.45, 7) is 1.02. The van der Waals surface area contributed by atoms with Crippen LogP contribution in [0.2, 0.25) is 0 Å². The molecule has 7 heteroatoms. The number of carbonyl (C=O) groups excluding carboxylic acids is 2. The lowest BCUT2D eigenvalue weighted by Gasteiger charge is -2.31. The Kier molecular flexibility index (Phi) is 6.11. The number of hydrogen-bond acceptors (Lipinski definition) is 3. The monoisotopic (exact) mass is 373 g/mol. The van der Waals surface area contributed by atoms with Crippen LogP contribution in [0.15, 0.2) is 42.6 Å². The highest BCUT2D eigenvalue weighted by atomic mass is 19.2. The van der Waals surface area contributed by atoms with Crippen molar-refractivity contribution in [2.75, 3.05) is 18.4 Å². The molecule has 0 radical (unpaired) electrons. The second-order valence-corrected chi connectivity index (χ2v) is 6.61. The lowest BCUT2D eigenvalue weighted by atomic mass is 9.95. The van der Waals surface area contributed by atoms with Gasteiger partial charge < -0.3 is 10.2 Å². The van der Waals surface area contributed by atoms with Gasteiger partial charge in [0.15, 0.2) is 11.6 Å². The number of amides is 2. The molecular formula is C20H21F2N3O2. The van der Waals surface area contributed by atoms with Crippen molar-refractivity contribution in [3.63, 3.8) is 0 Å². The van der Waals surface area contributed by atoms with Gasteiger partial charge in [-0.2, -0.15) is 0 Å². The largest absolute Gasteiger partial charge is 0.343 e. The van der Waals surface area contributed by atoms with Gasteiger partial charge in [-0.3, -0.25) is 9.59 Å². The highest BCUT2D eigenvalue weighted by Gasteiger charge is 2.27. The molecule has 142 valence electrons. The predicted molar refractivity (Wildman–Crippen MR) is 96.8 cm³/mol. The molecule has 1 N–H and O–H groups in total. The Morgan fingerprint density at radius 2 is 1.89 bits per heavy atom. The molecule has 2 amide bonds. The maximum atomic E-state index is 13.2. The minimum absolute atomic E-state index is 0.0386. The lowest BCUT2D eigenvalue weighted by Crippen LogP contribution is -2.41. The van der Waals surface area contributed by atoms with Crippen LogP contribution in [-0.4, -0.2) is 34.8 Å². The third-order valence-electron chi connectivity index (χ3n) is 4.75. The van der Waals surface area contributed by atoms with Crippen LogP contribution in [0.3, 0.4) is 0 Å². The van der Waals surface area contributed by atoms with E-state index in [0.717, 1.165) is 12.1 Å². The van der Waals surface area contributed by atoms with E-state index in [1.807, 2.05) is 0 Å². The average molecular weight is 373 g/mol. The lowest BCUT2D eigenvalue weighted by molar-refractivity contribution is -0.134. The first-order valence-electron chi connectivity index (χ1n) is 8.96. The van der Waals surface area contributed by atoms with Gasteiger partial charge in [-0.15, -0.1) is 0 Å². The summed E-state index contributed by atoms with van der Waals surface area (Å²) < 4.78 is 26.2. The number of halogens is 2. The van der Waals surface area contributed by atoms with Crippen LogP contribution in [0.5, 0.6) is 0 Å². The van der Waals surface area contributed by atoms with Crippen molar-refractivity contribution in [1.82, 2.24) is 9.88 Å². The van der Waals surface area contributed by atoms with Gasteiger partial charge in [-0.05, 0) is 49.1 Å². The SMILES string of the molecule is O=C(Nc1ccccn1)C1CCN(C(=O)CCc2ccc(F)c(F)c2)CC1. The van der Waals surface area contributed by atoms with Gasteiger partial charge in [-0.25, -0.2) is 13.8 Å². The summed E-state index contributed by atoms with van der Waals surface area (Å²) in [6, 6.07) is 8.99. The third-order valence-corrected chi connectivity index (χ3v) is 4.75. The van der Waals surface area contributed by atoms with E-state index in [1.54, 1.807) is 29.3 Å². The number of aromatic nitrogens is 1. The van der Waals surface area contributed by atoms with Gasteiger partial charge >= 0.3 is 0 Å². The number of carbonyl (C=O) groups is 2. The number of likely N-dealkylation sites (tertiary alicyclic amines) is 1. The zero-order valence-corrected chi connectivity index (χ0v) is 14.8. The number of pyridine rings is 1. The standard InChI is InChI=1S/C20H21F2N3O2/c21-16-6-4-14(13-17(16)22)5-7-19(26)25-11-8-15(9-12-25)20(27)24-18-3-1-2-10-23-18/h1-4,6,10,13,15H,5,7-9,11-12H2,(H,23,24,27). The molecule has 0 spiro atoms. The maximum Gasteiger partial charge on any atom is 0.228 e. The maximum absolute atomic E-state index is 13.2. The molecule has 1 aromatic heterocycles. The van der Waals surface area contributed by atoms with Gasteiger partial charge in [0.05, 0.1) is 0 Å². The minimum Gasteiger partial charge on any atom is -0.343 e. The molecule has 1 aliphatic rings. The Labute approximate surface area is 156 Å². The quantitative estimate of drug-likeness (QED) is 0.876. The Morgan fingerprint density at radius 1 is 1.11 bits per heavy atom. The molecule has 2 heterocycles. The van der Waals surface area contributed by atoms with E-state index in [2.05, 4.69) is 10.3 Å². The molecule has 1 saturated heterocycles. The first kappa shape index (κ1) is 18.9. The topological polar surface area (TPSA) is 62.3 Å². The van der Waals surface area contributed by atoms with Crippen molar-refractivity contribution in [2.24, 2.45) is 5.92 Å². The summed E-state index contributed by atoms with van der Waals surface area (Å²) in [7, 11) is 0. The van der Waals surface area contributed by atoms with E-state index >= 15 is 0 Å². The van der Waals surface area contributed by atoms with E-state index in [4.69, 9.17) is 0 Å². The van der Waals surface area contributed by atoms with Crippen molar-refractivity contribution in [3.05, 3.63) is 59.8 Å². The van der Waals surface area contributed by atoms with Crippen molar-refractivity contribution in [1.29, 1.82) is 0 Å². The first-order chi connectivity index (χ1) is 13.0. The molecule has 0 atom stereocenters. The number of nitrogens with one attached hydrogen (secondary N) is 1. The Bertz CT molecular complexity index is 806. The zero-order chi connectivity index (χ0) is 19.2. The van der Waals surface area contributed by atoms with Crippen LogP contribution in [0.4, 0.5) is 14.6 Å². The highest BCUT2D eigenvalue weighted by Crippen LogP contribution is 2.20. The molecular weight excluding hydrogens is 352 g/mol. The zero-order valence-electron chi connectivity index (χ0n) is 14.8. The van der Waals surface area contributed by atoms with Crippen molar-refractivity contribution in [3.8, 4) is 0 Å². The Morgan fingerprint density at radius 3 is 2.56 bits per heavy atom.